The molecule has 3 aliphatic rings. The molecule has 0 aromatic heterocycles. The van der Waals surface area contributed by atoms with E-state index in [4.69, 9.17) is 4.74 Å². The molecule has 0 aliphatic carbocycles. The summed E-state index contributed by atoms with van der Waals surface area (Å²) in [5, 5.41) is 0. The number of nitrogens with zero attached hydrogens (tertiary/aromatic N) is 2. The van der Waals surface area contributed by atoms with Crippen molar-refractivity contribution in [2.75, 3.05) is 39.4 Å². The lowest BCUT2D eigenvalue weighted by Crippen LogP contribution is -2.52. The van der Waals surface area contributed by atoms with Gasteiger partial charge in [-0.05, 0) is 24.5 Å². The van der Waals surface area contributed by atoms with Crippen LogP contribution in [0.3, 0.4) is 0 Å². The average Bonchev–Trinajstić information content (AvgIpc) is 3.25. The molecule has 4 rings (SSSR count). The summed E-state index contributed by atoms with van der Waals surface area (Å²) in [5.74, 6) is -2.82. The molecule has 29 heavy (non-hydrogen) atoms. The van der Waals surface area contributed by atoms with Crippen LogP contribution in [-0.2, 0) is 20.7 Å². The molecule has 0 bridgehead atoms. The third-order valence-electron chi connectivity index (χ3n) is 6.80. The molecule has 5 nitrogen and oxygen atoms in total. The Hall–Kier alpha value is -2.02. The number of likely N-dealkylation sites (tertiary alicyclic amines) is 2. The minimum atomic E-state index is -2.69. The third kappa shape index (κ3) is 3.89. The van der Waals surface area contributed by atoms with Crippen LogP contribution >= 0.6 is 0 Å². The first kappa shape index (κ1) is 20.3. The number of carbonyl (C=O) groups is 2. The predicted molar refractivity (Wildman–Crippen MR) is 104 cm³/mol. The fraction of sp³-hybridized carbons (Fsp3) is 0.636. The van der Waals surface area contributed by atoms with Crippen molar-refractivity contribution in [3.8, 4) is 0 Å². The van der Waals surface area contributed by atoms with Gasteiger partial charge in [0.2, 0.25) is 11.8 Å². The Morgan fingerprint density at radius 2 is 1.90 bits per heavy atom. The Morgan fingerprint density at radius 3 is 2.62 bits per heavy atom. The van der Waals surface area contributed by atoms with Gasteiger partial charge in [-0.15, -0.1) is 0 Å². The fourth-order valence-electron chi connectivity index (χ4n) is 4.87. The fourth-order valence-corrected chi connectivity index (χ4v) is 4.87. The lowest BCUT2D eigenvalue weighted by Gasteiger charge is -2.37. The van der Waals surface area contributed by atoms with Crippen molar-refractivity contribution in [1.29, 1.82) is 0 Å². The monoisotopic (exact) mass is 406 g/mol. The zero-order chi connectivity index (χ0) is 20.6. The second-order valence-corrected chi connectivity index (χ2v) is 8.72. The Balaban J connectivity index is 1.40. The molecule has 7 heteroatoms. The maximum atomic E-state index is 13.5. The number of benzene rings is 1. The maximum Gasteiger partial charge on any atom is 0.251 e. The van der Waals surface area contributed by atoms with E-state index in [2.05, 4.69) is 0 Å². The van der Waals surface area contributed by atoms with Gasteiger partial charge in [-0.1, -0.05) is 24.3 Å². The number of aryl methyl sites for hydroxylation is 2. The normalized spacial score (nSPS) is 28.4. The second kappa shape index (κ2) is 7.67. The van der Waals surface area contributed by atoms with E-state index in [1.54, 1.807) is 9.80 Å². The summed E-state index contributed by atoms with van der Waals surface area (Å²) < 4.78 is 32.6. The van der Waals surface area contributed by atoms with Crippen LogP contribution < -0.4 is 0 Å². The summed E-state index contributed by atoms with van der Waals surface area (Å²) in [7, 11) is 0. The molecule has 0 unspecified atom stereocenters. The van der Waals surface area contributed by atoms with E-state index in [9.17, 15) is 18.4 Å². The number of amides is 2. The van der Waals surface area contributed by atoms with E-state index < -0.39 is 11.3 Å². The first-order valence-electron chi connectivity index (χ1n) is 10.4. The van der Waals surface area contributed by atoms with Crippen molar-refractivity contribution in [1.82, 2.24) is 9.80 Å². The molecule has 0 spiro atoms. The average molecular weight is 406 g/mol. The zero-order valence-corrected chi connectivity index (χ0v) is 16.8. The van der Waals surface area contributed by atoms with Crippen LogP contribution in [0, 0.1) is 18.3 Å². The summed E-state index contributed by atoms with van der Waals surface area (Å²) in [6.07, 6.45) is 0.489. The van der Waals surface area contributed by atoms with E-state index in [-0.39, 0.29) is 50.3 Å². The number of rotatable bonds is 4. The van der Waals surface area contributed by atoms with E-state index in [0.717, 1.165) is 5.56 Å². The molecular formula is C22H28F2N2O3. The smallest absolute Gasteiger partial charge is 0.251 e. The molecule has 0 N–H and O–H groups in total. The molecular weight excluding hydrogens is 378 g/mol. The van der Waals surface area contributed by atoms with Crippen molar-refractivity contribution < 1.29 is 23.1 Å². The van der Waals surface area contributed by atoms with Crippen molar-refractivity contribution in [2.24, 2.45) is 11.3 Å². The van der Waals surface area contributed by atoms with Crippen LogP contribution in [0.1, 0.15) is 30.4 Å². The lowest BCUT2D eigenvalue weighted by atomic mass is 9.79. The van der Waals surface area contributed by atoms with Crippen molar-refractivity contribution in [3.63, 3.8) is 0 Å². The van der Waals surface area contributed by atoms with Crippen LogP contribution in [-0.4, -0.2) is 66.9 Å². The molecule has 2 amide bonds. The van der Waals surface area contributed by atoms with E-state index in [1.807, 2.05) is 31.2 Å². The summed E-state index contributed by atoms with van der Waals surface area (Å²) in [6, 6.07) is 8.02. The molecule has 0 radical (unpaired) electrons. The highest BCUT2D eigenvalue weighted by atomic mass is 19.3. The molecule has 2 atom stereocenters. The number of ether oxygens (including phenoxy) is 1. The Labute approximate surface area is 170 Å². The third-order valence-corrected chi connectivity index (χ3v) is 6.80. The van der Waals surface area contributed by atoms with E-state index >= 15 is 0 Å². The molecule has 1 aromatic rings. The maximum absolute atomic E-state index is 13.5. The highest BCUT2D eigenvalue weighted by Crippen LogP contribution is 2.44. The quantitative estimate of drug-likeness (QED) is 0.773. The highest BCUT2D eigenvalue weighted by molar-refractivity contribution is 5.86. The minimum absolute atomic E-state index is 0.0417. The minimum Gasteiger partial charge on any atom is -0.380 e. The summed E-state index contributed by atoms with van der Waals surface area (Å²) in [4.78, 5) is 29.5. The van der Waals surface area contributed by atoms with Crippen LogP contribution in [0.15, 0.2) is 24.3 Å². The van der Waals surface area contributed by atoms with Crippen molar-refractivity contribution >= 4 is 11.8 Å². The van der Waals surface area contributed by atoms with Crippen LogP contribution in [0.25, 0.3) is 0 Å². The van der Waals surface area contributed by atoms with E-state index in [0.29, 0.717) is 32.5 Å². The Morgan fingerprint density at radius 1 is 1.17 bits per heavy atom. The molecule has 158 valence electrons. The predicted octanol–water partition coefficient (Wildman–Crippen LogP) is 2.66. The van der Waals surface area contributed by atoms with Gasteiger partial charge in [-0.2, -0.15) is 0 Å². The number of hydrogen-bond acceptors (Lipinski definition) is 3. The molecule has 3 aliphatic heterocycles. The summed E-state index contributed by atoms with van der Waals surface area (Å²) in [6.45, 7) is 3.72. The topological polar surface area (TPSA) is 49.9 Å². The summed E-state index contributed by atoms with van der Waals surface area (Å²) in [5.41, 5.74) is 1.55. The van der Waals surface area contributed by atoms with Crippen molar-refractivity contribution in [2.45, 2.75) is 38.5 Å². The molecule has 3 saturated heterocycles. The number of halogens is 2. The standard InChI is InChI=1S/C22H28F2N2O3/c1-16-4-2-3-5-17(16)6-7-19(27)26-12-18-13-29-15-21(18,14-26)20(28)25-10-8-22(23,24)9-11-25/h2-5,18H,6-15H2,1H3/t18-,21-/m0/s1. The van der Waals surface area contributed by atoms with Gasteiger partial charge in [-0.25, -0.2) is 8.78 Å². The molecule has 1 aromatic carbocycles. The van der Waals surface area contributed by atoms with Gasteiger partial charge in [0.05, 0.1) is 18.6 Å². The Kier molecular flexibility index (Phi) is 5.36. The van der Waals surface area contributed by atoms with Gasteiger partial charge >= 0.3 is 0 Å². The van der Waals surface area contributed by atoms with Gasteiger partial charge in [0, 0.05) is 51.4 Å². The summed E-state index contributed by atoms with van der Waals surface area (Å²) >= 11 is 0. The van der Waals surface area contributed by atoms with Gasteiger partial charge in [-0.3, -0.25) is 9.59 Å². The molecule has 3 fully saturated rings. The first-order valence-corrected chi connectivity index (χ1v) is 10.4. The lowest BCUT2D eigenvalue weighted by molar-refractivity contribution is -0.149. The van der Waals surface area contributed by atoms with Crippen LogP contribution in [0.2, 0.25) is 0 Å². The van der Waals surface area contributed by atoms with Crippen LogP contribution in [0.5, 0.6) is 0 Å². The number of carbonyl (C=O) groups excluding carboxylic acids is 2. The molecule has 3 heterocycles. The number of alkyl halides is 2. The largest absolute Gasteiger partial charge is 0.380 e. The second-order valence-electron chi connectivity index (χ2n) is 8.72. The zero-order valence-electron chi connectivity index (χ0n) is 16.8. The van der Waals surface area contributed by atoms with Gasteiger partial charge in [0.25, 0.3) is 5.92 Å². The van der Waals surface area contributed by atoms with Gasteiger partial charge in [0.15, 0.2) is 0 Å². The van der Waals surface area contributed by atoms with Gasteiger partial charge in [0.1, 0.15) is 0 Å². The van der Waals surface area contributed by atoms with Crippen LogP contribution in [0.4, 0.5) is 8.78 Å². The number of hydrogen-bond donors (Lipinski definition) is 0. The van der Waals surface area contributed by atoms with E-state index in [1.165, 1.54) is 5.56 Å². The number of fused-ring (bicyclic) bond motifs is 1. The first-order chi connectivity index (χ1) is 13.8. The van der Waals surface area contributed by atoms with Gasteiger partial charge < -0.3 is 14.5 Å². The highest BCUT2D eigenvalue weighted by Gasteiger charge is 2.58. The number of piperidine rings is 1. The molecule has 0 saturated carbocycles. The van der Waals surface area contributed by atoms with Crippen molar-refractivity contribution in [3.05, 3.63) is 35.4 Å². The SMILES string of the molecule is Cc1ccccc1CCC(=O)N1C[C@H]2COC[C@@]2(C(=O)N2CCC(F)(F)CC2)C1. The Bertz CT molecular complexity index is 790.